The second kappa shape index (κ2) is 8.75. The minimum absolute atomic E-state index is 0.0847. The van der Waals surface area contributed by atoms with Gasteiger partial charge in [-0.1, -0.05) is 12.1 Å². The Labute approximate surface area is 148 Å². The summed E-state index contributed by atoms with van der Waals surface area (Å²) in [5.41, 5.74) is -0.633. The van der Waals surface area contributed by atoms with Gasteiger partial charge in [-0.05, 0) is 36.1 Å². The maximum Gasteiger partial charge on any atom is 0.416 e. The summed E-state index contributed by atoms with van der Waals surface area (Å²) in [6, 6.07) is 7.82. The number of nitrogens with one attached hydrogen (secondary N) is 2. The maximum absolute atomic E-state index is 13.2. The van der Waals surface area contributed by atoms with E-state index in [1.54, 1.807) is 11.3 Å². The SMILES string of the molecule is CCNC(=NCc1ccc(OC)cc1C(F)(F)F)NCc1cccs1. The summed E-state index contributed by atoms with van der Waals surface area (Å²) in [7, 11) is 1.34. The van der Waals surface area contributed by atoms with Crippen molar-refractivity contribution in [3.8, 4) is 5.75 Å². The van der Waals surface area contributed by atoms with Crippen molar-refractivity contribution in [2.75, 3.05) is 13.7 Å². The number of benzene rings is 1. The zero-order chi connectivity index (χ0) is 18.3. The summed E-state index contributed by atoms with van der Waals surface area (Å²) in [6.07, 6.45) is -4.46. The average Bonchev–Trinajstić information content (AvgIpc) is 3.10. The number of hydrogen-bond donors (Lipinski definition) is 2. The van der Waals surface area contributed by atoms with Crippen LogP contribution in [0.25, 0.3) is 0 Å². The van der Waals surface area contributed by atoms with Gasteiger partial charge in [0.25, 0.3) is 0 Å². The molecule has 2 N–H and O–H groups in total. The molecule has 2 aromatic rings. The minimum atomic E-state index is -4.46. The third-order valence-electron chi connectivity index (χ3n) is 3.38. The molecule has 25 heavy (non-hydrogen) atoms. The van der Waals surface area contributed by atoms with Gasteiger partial charge in [-0.15, -0.1) is 11.3 Å². The predicted octanol–water partition coefficient (Wildman–Crippen LogP) is 4.03. The van der Waals surface area contributed by atoms with Crippen molar-refractivity contribution in [3.05, 3.63) is 51.7 Å². The van der Waals surface area contributed by atoms with E-state index in [4.69, 9.17) is 4.74 Å². The van der Waals surface area contributed by atoms with Gasteiger partial charge in [-0.3, -0.25) is 0 Å². The van der Waals surface area contributed by atoms with E-state index in [-0.39, 0.29) is 17.9 Å². The number of guanidine groups is 1. The zero-order valence-electron chi connectivity index (χ0n) is 14.0. The number of thiophene rings is 1. The van der Waals surface area contributed by atoms with Crippen molar-refractivity contribution >= 4 is 17.3 Å². The average molecular weight is 371 g/mol. The van der Waals surface area contributed by atoms with Crippen molar-refractivity contribution in [3.63, 3.8) is 0 Å². The lowest BCUT2D eigenvalue weighted by Gasteiger charge is -2.14. The molecule has 1 aromatic carbocycles. The second-order valence-electron chi connectivity index (χ2n) is 5.15. The first-order valence-electron chi connectivity index (χ1n) is 7.72. The highest BCUT2D eigenvalue weighted by Crippen LogP contribution is 2.34. The van der Waals surface area contributed by atoms with Crippen molar-refractivity contribution < 1.29 is 17.9 Å². The molecule has 0 fully saturated rings. The Morgan fingerprint density at radius 1 is 1.24 bits per heavy atom. The molecule has 0 aliphatic rings. The number of hydrogen-bond acceptors (Lipinski definition) is 3. The zero-order valence-corrected chi connectivity index (χ0v) is 14.8. The van der Waals surface area contributed by atoms with Crippen LogP contribution in [-0.4, -0.2) is 19.6 Å². The standard InChI is InChI=1S/C17H20F3N3OS/c1-3-21-16(23-11-14-5-4-8-25-14)22-10-12-6-7-13(24-2)9-15(12)17(18,19)20/h4-9H,3,10-11H2,1-2H3,(H2,21,22,23). The highest BCUT2D eigenvalue weighted by atomic mass is 32.1. The maximum atomic E-state index is 13.2. The number of halogens is 3. The lowest BCUT2D eigenvalue weighted by Crippen LogP contribution is -2.36. The monoisotopic (exact) mass is 371 g/mol. The first kappa shape index (κ1) is 19.1. The molecular weight excluding hydrogens is 351 g/mol. The molecule has 1 heterocycles. The lowest BCUT2D eigenvalue weighted by molar-refractivity contribution is -0.138. The molecule has 1 aromatic heterocycles. The molecule has 0 aliphatic heterocycles. The van der Waals surface area contributed by atoms with Crippen LogP contribution in [0.1, 0.15) is 22.9 Å². The highest BCUT2D eigenvalue weighted by molar-refractivity contribution is 7.09. The molecule has 0 atom stereocenters. The van der Waals surface area contributed by atoms with Gasteiger partial charge >= 0.3 is 6.18 Å². The van der Waals surface area contributed by atoms with Gasteiger partial charge in [0.2, 0.25) is 0 Å². The molecule has 8 heteroatoms. The van der Waals surface area contributed by atoms with Gasteiger partial charge in [-0.2, -0.15) is 13.2 Å². The van der Waals surface area contributed by atoms with Crippen LogP contribution in [0, 0.1) is 0 Å². The van der Waals surface area contributed by atoms with Gasteiger partial charge in [-0.25, -0.2) is 4.99 Å². The Kier molecular flexibility index (Phi) is 6.69. The van der Waals surface area contributed by atoms with Gasteiger partial charge in [0.05, 0.1) is 25.8 Å². The number of rotatable bonds is 6. The van der Waals surface area contributed by atoms with Crippen LogP contribution in [0.2, 0.25) is 0 Å². The van der Waals surface area contributed by atoms with Crippen LogP contribution < -0.4 is 15.4 Å². The quantitative estimate of drug-likeness (QED) is 0.595. The van der Waals surface area contributed by atoms with E-state index in [1.165, 1.54) is 19.2 Å². The normalized spacial score (nSPS) is 12.1. The molecule has 0 amide bonds. The Morgan fingerprint density at radius 2 is 2.04 bits per heavy atom. The molecular formula is C17H20F3N3OS. The van der Waals surface area contributed by atoms with E-state index in [1.807, 2.05) is 24.4 Å². The van der Waals surface area contributed by atoms with E-state index < -0.39 is 11.7 Å². The molecule has 0 bridgehead atoms. The minimum Gasteiger partial charge on any atom is -0.497 e. The molecule has 0 aliphatic carbocycles. The summed E-state index contributed by atoms with van der Waals surface area (Å²) in [5.74, 6) is 0.641. The van der Waals surface area contributed by atoms with Gasteiger partial charge in [0, 0.05) is 11.4 Å². The Balaban J connectivity index is 2.15. The van der Waals surface area contributed by atoms with Gasteiger partial charge in [0.15, 0.2) is 5.96 Å². The Morgan fingerprint density at radius 3 is 2.64 bits per heavy atom. The van der Waals surface area contributed by atoms with Crippen LogP contribution >= 0.6 is 11.3 Å². The molecule has 0 spiro atoms. The first-order valence-corrected chi connectivity index (χ1v) is 8.60. The fourth-order valence-corrected chi connectivity index (χ4v) is 2.82. The predicted molar refractivity (Wildman–Crippen MR) is 94.0 cm³/mol. The van der Waals surface area contributed by atoms with Crippen LogP contribution in [0.5, 0.6) is 5.75 Å². The topological polar surface area (TPSA) is 45.7 Å². The van der Waals surface area contributed by atoms with Gasteiger partial charge < -0.3 is 15.4 Å². The summed E-state index contributed by atoms with van der Waals surface area (Å²) in [5, 5.41) is 8.12. The molecule has 0 radical (unpaired) electrons. The number of nitrogens with zero attached hydrogens (tertiary/aromatic N) is 1. The number of alkyl halides is 3. The van der Waals surface area contributed by atoms with E-state index in [0.29, 0.717) is 19.0 Å². The summed E-state index contributed by atoms with van der Waals surface area (Å²) >= 11 is 1.60. The summed E-state index contributed by atoms with van der Waals surface area (Å²) in [6.45, 7) is 3.00. The van der Waals surface area contributed by atoms with Crippen LogP contribution in [0.15, 0.2) is 40.7 Å². The molecule has 0 saturated carbocycles. The largest absolute Gasteiger partial charge is 0.497 e. The molecule has 2 rings (SSSR count). The fourth-order valence-electron chi connectivity index (χ4n) is 2.17. The van der Waals surface area contributed by atoms with Crippen LogP contribution in [0.3, 0.4) is 0 Å². The van der Waals surface area contributed by atoms with E-state index in [9.17, 15) is 13.2 Å². The van der Waals surface area contributed by atoms with E-state index in [0.717, 1.165) is 10.9 Å². The van der Waals surface area contributed by atoms with E-state index >= 15 is 0 Å². The van der Waals surface area contributed by atoms with Crippen molar-refractivity contribution in [2.24, 2.45) is 4.99 Å². The third-order valence-corrected chi connectivity index (χ3v) is 4.26. The molecule has 0 unspecified atom stereocenters. The van der Waals surface area contributed by atoms with Crippen molar-refractivity contribution in [1.82, 2.24) is 10.6 Å². The third kappa shape index (κ3) is 5.67. The van der Waals surface area contributed by atoms with Crippen LogP contribution in [-0.2, 0) is 19.3 Å². The Bertz CT molecular complexity index is 700. The molecule has 0 saturated heterocycles. The van der Waals surface area contributed by atoms with Crippen LogP contribution in [0.4, 0.5) is 13.2 Å². The summed E-state index contributed by atoms with van der Waals surface area (Å²) in [4.78, 5) is 5.39. The van der Waals surface area contributed by atoms with E-state index in [2.05, 4.69) is 15.6 Å². The lowest BCUT2D eigenvalue weighted by atomic mass is 10.1. The molecule has 136 valence electrons. The van der Waals surface area contributed by atoms with Crippen molar-refractivity contribution in [1.29, 1.82) is 0 Å². The second-order valence-corrected chi connectivity index (χ2v) is 6.18. The smallest absolute Gasteiger partial charge is 0.416 e. The van der Waals surface area contributed by atoms with Gasteiger partial charge in [0.1, 0.15) is 5.75 Å². The summed E-state index contributed by atoms with van der Waals surface area (Å²) < 4.78 is 44.6. The Hall–Kier alpha value is -2.22. The highest BCUT2D eigenvalue weighted by Gasteiger charge is 2.33. The van der Waals surface area contributed by atoms with Crippen molar-refractivity contribution in [2.45, 2.75) is 26.2 Å². The fraction of sp³-hybridized carbons (Fsp3) is 0.353. The number of ether oxygens (including phenoxy) is 1. The first-order chi connectivity index (χ1) is 11.9. The number of aliphatic imine (C=N–C) groups is 1. The molecule has 4 nitrogen and oxygen atoms in total. The number of methoxy groups -OCH3 is 1.